The maximum Gasteiger partial charge on any atom is 0.311 e. The van der Waals surface area contributed by atoms with Gasteiger partial charge in [-0.1, -0.05) is 20.8 Å². The first-order chi connectivity index (χ1) is 9.29. The summed E-state index contributed by atoms with van der Waals surface area (Å²) in [4.78, 5) is 23.8. The van der Waals surface area contributed by atoms with E-state index in [0.29, 0.717) is 31.6 Å². The maximum absolute atomic E-state index is 12.2. The van der Waals surface area contributed by atoms with Gasteiger partial charge in [-0.2, -0.15) is 0 Å². The zero-order valence-electron chi connectivity index (χ0n) is 12.9. The molecule has 0 aromatic carbocycles. The number of hydrogen-bond donors (Lipinski definition) is 3. The first kappa shape index (κ1) is 17.0. The Hall–Kier alpha value is -1.10. The Balaban J connectivity index is 2.69. The van der Waals surface area contributed by atoms with Gasteiger partial charge in [0, 0.05) is 6.54 Å². The third-order valence-electron chi connectivity index (χ3n) is 4.99. The molecule has 0 heterocycles. The molecule has 4 N–H and O–H groups in total. The minimum absolute atomic E-state index is 0.187. The van der Waals surface area contributed by atoms with Crippen LogP contribution in [0.25, 0.3) is 0 Å². The average Bonchev–Trinajstić information content (AvgIpc) is 2.45. The molecule has 0 spiro atoms. The Morgan fingerprint density at radius 2 is 1.80 bits per heavy atom. The van der Waals surface area contributed by atoms with Crippen molar-refractivity contribution >= 4 is 11.9 Å². The van der Waals surface area contributed by atoms with Crippen LogP contribution in [0, 0.1) is 11.3 Å². The highest BCUT2D eigenvalue weighted by atomic mass is 16.4. The van der Waals surface area contributed by atoms with Crippen LogP contribution in [0.2, 0.25) is 0 Å². The van der Waals surface area contributed by atoms with Crippen LogP contribution in [-0.4, -0.2) is 29.1 Å². The molecule has 1 rings (SSSR count). The van der Waals surface area contributed by atoms with E-state index in [2.05, 4.69) is 12.2 Å². The molecule has 1 saturated carbocycles. The van der Waals surface area contributed by atoms with Crippen molar-refractivity contribution in [1.29, 1.82) is 0 Å². The number of carboxylic acids is 1. The molecule has 0 saturated heterocycles. The van der Waals surface area contributed by atoms with Gasteiger partial charge in [-0.15, -0.1) is 0 Å². The van der Waals surface area contributed by atoms with Crippen LogP contribution in [0.3, 0.4) is 0 Å². The molecule has 5 nitrogen and oxygen atoms in total. The summed E-state index contributed by atoms with van der Waals surface area (Å²) in [5, 5.41) is 12.3. The Morgan fingerprint density at radius 3 is 2.20 bits per heavy atom. The van der Waals surface area contributed by atoms with Crippen LogP contribution < -0.4 is 11.1 Å². The molecule has 1 fully saturated rings. The van der Waals surface area contributed by atoms with Gasteiger partial charge < -0.3 is 16.2 Å². The van der Waals surface area contributed by atoms with E-state index in [4.69, 9.17) is 5.73 Å². The summed E-state index contributed by atoms with van der Waals surface area (Å²) in [7, 11) is 0. The van der Waals surface area contributed by atoms with Gasteiger partial charge >= 0.3 is 5.97 Å². The van der Waals surface area contributed by atoms with Crippen molar-refractivity contribution in [3.8, 4) is 0 Å². The minimum atomic E-state index is -0.887. The van der Waals surface area contributed by atoms with E-state index in [1.807, 2.05) is 13.8 Å². The van der Waals surface area contributed by atoms with Crippen LogP contribution in [0.15, 0.2) is 0 Å². The summed E-state index contributed by atoms with van der Waals surface area (Å²) in [5.74, 6) is -0.472. The first-order valence-electron chi connectivity index (χ1n) is 7.60. The number of carboxylic acid groups (broad SMARTS) is 1. The van der Waals surface area contributed by atoms with Gasteiger partial charge in [-0.3, -0.25) is 9.59 Å². The highest BCUT2D eigenvalue weighted by Crippen LogP contribution is 2.38. The number of hydrogen-bond acceptors (Lipinski definition) is 3. The zero-order chi connectivity index (χ0) is 15.4. The molecule has 0 aliphatic heterocycles. The quantitative estimate of drug-likeness (QED) is 0.694. The summed E-state index contributed by atoms with van der Waals surface area (Å²) in [6, 6.07) is 0. The van der Waals surface area contributed by atoms with Crippen LogP contribution in [0.1, 0.15) is 59.3 Å². The molecule has 0 unspecified atom stereocenters. The minimum Gasteiger partial charge on any atom is -0.481 e. The van der Waals surface area contributed by atoms with E-state index in [0.717, 1.165) is 12.8 Å². The number of rotatable bonds is 6. The Bertz CT molecular complexity index is 356. The molecule has 116 valence electrons. The molecule has 1 aliphatic carbocycles. The average molecular weight is 284 g/mol. The third-order valence-corrected chi connectivity index (χ3v) is 4.99. The number of carbonyl (C=O) groups is 2. The molecule has 0 aromatic heterocycles. The molecule has 0 bridgehead atoms. The van der Waals surface area contributed by atoms with E-state index in [1.165, 1.54) is 0 Å². The SMILES string of the molecule is CCC(N)(CC)C(=O)NCC1(C(=O)O)CCC(C)CC1. The van der Waals surface area contributed by atoms with E-state index >= 15 is 0 Å². The molecule has 1 amide bonds. The highest BCUT2D eigenvalue weighted by Gasteiger charge is 2.42. The van der Waals surface area contributed by atoms with Gasteiger partial charge in [0.05, 0.1) is 11.0 Å². The molecule has 1 aliphatic rings. The molecular formula is C15H28N2O3. The van der Waals surface area contributed by atoms with Crippen molar-refractivity contribution < 1.29 is 14.7 Å². The molecule has 20 heavy (non-hydrogen) atoms. The van der Waals surface area contributed by atoms with Gasteiger partial charge in [0.1, 0.15) is 0 Å². The fourth-order valence-corrected chi connectivity index (χ4v) is 2.78. The van der Waals surface area contributed by atoms with Crippen molar-refractivity contribution in [2.45, 2.75) is 64.8 Å². The predicted octanol–water partition coefficient (Wildman–Crippen LogP) is 1.90. The summed E-state index contributed by atoms with van der Waals surface area (Å²) >= 11 is 0. The van der Waals surface area contributed by atoms with E-state index in [9.17, 15) is 14.7 Å². The molecule has 0 radical (unpaired) electrons. The number of nitrogens with one attached hydrogen (secondary N) is 1. The van der Waals surface area contributed by atoms with Crippen LogP contribution >= 0.6 is 0 Å². The standard InChI is InChI=1S/C15H28N2O3/c1-4-15(16,5-2)12(18)17-10-14(13(19)20)8-6-11(3)7-9-14/h11H,4-10,16H2,1-3H3,(H,17,18)(H,19,20). The monoisotopic (exact) mass is 284 g/mol. The van der Waals surface area contributed by atoms with Gasteiger partial charge in [0.25, 0.3) is 0 Å². The number of amides is 1. The Labute approximate surface area is 121 Å². The van der Waals surface area contributed by atoms with Gasteiger partial charge in [0.2, 0.25) is 5.91 Å². The van der Waals surface area contributed by atoms with E-state index < -0.39 is 16.9 Å². The second-order valence-corrected chi connectivity index (χ2v) is 6.31. The number of nitrogens with two attached hydrogens (primary N) is 1. The van der Waals surface area contributed by atoms with Crippen molar-refractivity contribution in [3.63, 3.8) is 0 Å². The fourth-order valence-electron chi connectivity index (χ4n) is 2.78. The summed E-state index contributed by atoms with van der Waals surface area (Å²) < 4.78 is 0. The fraction of sp³-hybridized carbons (Fsp3) is 0.867. The lowest BCUT2D eigenvalue weighted by atomic mass is 9.70. The summed E-state index contributed by atoms with van der Waals surface area (Å²) in [6.45, 7) is 6.08. The number of carbonyl (C=O) groups excluding carboxylic acids is 1. The first-order valence-corrected chi connectivity index (χ1v) is 7.60. The van der Waals surface area contributed by atoms with Crippen molar-refractivity contribution in [3.05, 3.63) is 0 Å². The van der Waals surface area contributed by atoms with Gasteiger partial charge in [-0.05, 0) is 44.4 Å². The predicted molar refractivity (Wildman–Crippen MR) is 78.2 cm³/mol. The lowest BCUT2D eigenvalue weighted by Gasteiger charge is -2.37. The van der Waals surface area contributed by atoms with Gasteiger partial charge in [0.15, 0.2) is 0 Å². The second kappa shape index (κ2) is 6.57. The van der Waals surface area contributed by atoms with Crippen LogP contribution in [0.5, 0.6) is 0 Å². The summed E-state index contributed by atoms with van der Waals surface area (Å²) in [6.07, 6.45) is 4.15. The van der Waals surface area contributed by atoms with Gasteiger partial charge in [-0.25, -0.2) is 0 Å². The van der Waals surface area contributed by atoms with Crippen LogP contribution in [-0.2, 0) is 9.59 Å². The third kappa shape index (κ3) is 3.51. The second-order valence-electron chi connectivity index (χ2n) is 6.31. The van der Waals surface area contributed by atoms with Crippen molar-refractivity contribution in [1.82, 2.24) is 5.32 Å². The summed E-state index contributed by atoms with van der Waals surface area (Å²) in [5.41, 5.74) is 4.34. The maximum atomic E-state index is 12.2. The normalized spacial score (nSPS) is 27.1. The topological polar surface area (TPSA) is 92.4 Å². The Morgan fingerprint density at radius 1 is 1.30 bits per heavy atom. The molecule has 0 atom stereocenters. The molecule has 0 aromatic rings. The smallest absolute Gasteiger partial charge is 0.311 e. The van der Waals surface area contributed by atoms with E-state index in [1.54, 1.807) is 0 Å². The van der Waals surface area contributed by atoms with Crippen molar-refractivity contribution in [2.75, 3.05) is 6.54 Å². The lowest BCUT2D eigenvalue weighted by Crippen LogP contribution is -2.56. The van der Waals surface area contributed by atoms with E-state index in [-0.39, 0.29) is 12.5 Å². The Kier molecular flexibility index (Phi) is 5.57. The van der Waals surface area contributed by atoms with Crippen LogP contribution in [0.4, 0.5) is 0 Å². The largest absolute Gasteiger partial charge is 0.481 e. The number of aliphatic carboxylic acids is 1. The lowest BCUT2D eigenvalue weighted by molar-refractivity contribution is -0.151. The highest BCUT2D eigenvalue weighted by molar-refractivity contribution is 5.86. The molecule has 5 heteroatoms. The zero-order valence-corrected chi connectivity index (χ0v) is 12.9. The van der Waals surface area contributed by atoms with Crippen molar-refractivity contribution in [2.24, 2.45) is 17.1 Å². The molecular weight excluding hydrogens is 256 g/mol.